The molecule has 1 aliphatic carbocycles. The van der Waals surface area contributed by atoms with Crippen LogP contribution < -0.4 is 18.9 Å². The Labute approximate surface area is 224 Å². The minimum absolute atomic E-state index is 0.0142. The van der Waals surface area contributed by atoms with Crippen LogP contribution >= 0.6 is 11.6 Å². The van der Waals surface area contributed by atoms with Crippen molar-refractivity contribution in [3.63, 3.8) is 0 Å². The number of fused-ring (bicyclic) bond motifs is 3. The first-order valence-electron chi connectivity index (χ1n) is 12.7. The van der Waals surface area contributed by atoms with E-state index >= 15 is 0 Å². The van der Waals surface area contributed by atoms with E-state index in [-0.39, 0.29) is 37.1 Å². The van der Waals surface area contributed by atoms with Crippen LogP contribution in [0.25, 0.3) is 6.08 Å². The van der Waals surface area contributed by atoms with Gasteiger partial charge in [0.2, 0.25) is 13.6 Å². The van der Waals surface area contributed by atoms with Crippen LogP contribution in [0.1, 0.15) is 53.8 Å². The summed E-state index contributed by atoms with van der Waals surface area (Å²) < 4.78 is 23.9. The molecule has 38 heavy (non-hydrogen) atoms. The van der Waals surface area contributed by atoms with Gasteiger partial charge in [0.1, 0.15) is 0 Å². The van der Waals surface area contributed by atoms with Gasteiger partial charge in [0.05, 0.1) is 16.8 Å². The molecule has 194 valence electrons. The fourth-order valence-corrected chi connectivity index (χ4v) is 5.85. The maximum atomic E-state index is 13.9. The molecule has 4 aliphatic rings. The molecule has 2 aromatic carbocycles. The van der Waals surface area contributed by atoms with Gasteiger partial charge in [-0.05, 0) is 73.2 Å². The Balaban J connectivity index is 1.30. The van der Waals surface area contributed by atoms with Crippen LogP contribution in [-0.2, 0) is 6.54 Å². The van der Waals surface area contributed by atoms with Crippen molar-refractivity contribution in [1.82, 2.24) is 14.8 Å². The quantitative estimate of drug-likeness (QED) is 0.444. The van der Waals surface area contributed by atoms with Crippen molar-refractivity contribution in [3.8, 4) is 23.0 Å². The van der Waals surface area contributed by atoms with Crippen LogP contribution in [0.15, 0.2) is 53.3 Å². The molecular formula is C28H25ClN4O5. The summed E-state index contributed by atoms with van der Waals surface area (Å²) in [5.41, 5.74) is 4.15. The molecule has 1 fully saturated rings. The highest BCUT2D eigenvalue weighted by Gasteiger charge is 2.45. The SMILES string of the molecule is CCn1cc(Cl)c(C(=O)N2N=C3/C(=C/c4ccc5c(c4)OCO5)CCC[C@H]3[C@@H]2c2ccc3c(c2)OCO3)n1. The van der Waals surface area contributed by atoms with Gasteiger partial charge in [0.15, 0.2) is 28.7 Å². The maximum Gasteiger partial charge on any atom is 0.296 e. The molecule has 1 saturated carbocycles. The molecule has 0 radical (unpaired) electrons. The van der Waals surface area contributed by atoms with Crippen molar-refractivity contribution in [2.75, 3.05) is 13.6 Å². The molecule has 3 aromatic rings. The van der Waals surface area contributed by atoms with Crippen molar-refractivity contribution >= 4 is 29.3 Å². The number of hydrogen-bond donors (Lipinski definition) is 0. The van der Waals surface area contributed by atoms with Gasteiger partial charge in [-0.15, -0.1) is 0 Å². The molecule has 0 saturated heterocycles. The fraction of sp³-hybridized carbons (Fsp3) is 0.321. The summed E-state index contributed by atoms with van der Waals surface area (Å²) in [5.74, 6) is 2.53. The van der Waals surface area contributed by atoms with E-state index in [1.165, 1.54) is 0 Å². The van der Waals surface area contributed by atoms with E-state index in [2.05, 4.69) is 11.2 Å². The minimum Gasteiger partial charge on any atom is -0.454 e. The van der Waals surface area contributed by atoms with Gasteiger partial charge in [-0.25, -0.2) is 5.01 Å². The van der Waals surface area contributed by atoms with Crippen LogP contribution in [-0.4, -0.2) is 40.0 Å². The van der Waals surface area contributed by atoms with E-state index < -0.39 is 0 Å². The van der Waals surface area contributed by atoms with Gasteiger partial charge in [-0.2, -0.15) is 10.2 Å². The van der Waals surface area contributed by atoms with E-state index in [0.717, 1.165) is 53.2 Å². The van der Waals surface area contributed by atoms with Crippen molar-refractivity contribution in [3.05, 3.63) is 70.0 Å². The summed E-state index contributed by atoms with van der Waals surface area (Å²) in [7, 11) is 0. The van der Waals surface area contributed by atoms with E-state index in [1.807, 2.05) is 43.3 Å². The van der Waals surface area contributed by atoms with Gasteiger partial charge >= 0.3 is 0 Å². The second-order valence-corrected chi connectivity index (χ2v) is 10.1. The third-order valence-corrected chi connectivity index (χ3v) is 7.71. The van der Waals surface area contributed by atoms with E-state index in [1.54, 1.807) is 15.9 Å². The van der Waals surface area contributed by atoms with Crippen molar-refractivity contribution in [1.29, 1.82) is 0 Å². The predicted octanol–water partition coefficient (Wildman–Crippen LogP) is 5.45. The molecule has 10 heteroatoms. The molecule has 1 aromatic heterocycles. The molecule has 2 atom stereocenters. The van der Waals surface area contributed by atoms with Crippen molar-refractivity contribution < 1.29 is 23.7 Å². The van der Waals surface area contributed by atoms with E-state index in [4.69, 9.17) is 35.6 Å². The molecule has 0 bridgehead atoms. The summed E-state index contributed by atoms with van der Waals surface area (Å²) in [6.45, 7) is 2.97. The Kier molecular flexibility index (Phi) is 5.54. The number of hydrogen-bond acceptors (Lipinski definition) is 7. The topological polar surface area (TPSA) is 87.4 Å². The lowest BCUT2D eigenvalue weighted by molar-refractivity contribution is 0.0673. The number of carbonyl (C=O) groups excluding carboxylic acids is 1. The number of amides is 1. The zero-order chi connectivity index (χ0) is 25.8. The lowest BCUT2D eigenvalue weighted by Crippen LogP contribution is -2.32. The molecule has 3 aliphatic heterocycles. The predicted molar refractivity (Wildman–Crippen MR) is 140 cm³/mol. The summed E-state index contributed by atoms with van der Waals surface area (Å²) in [5, 5.41) is 11.3. The normalized spacial score (nSPS) is 22.1. The Bertz CT molecular complexity index is 1510. The van der Waals surface area contributed by atoms with Crippen LogP contribution in [0, 0.1) is 5.92 Å². The van der Waals surface area contributed by atoms with Crippen molar-refractivity contribution in [2.24, 2.45) is 11.0 Å². The fourth-order valence-electron chi connectivity index (χ4n) is 5.61. The number of ether oxygens (including phenoxy) is 4. The van der Waals surface area contributed by atoms with Crippen LogP contribution in [0.4, 0.5) is 0 Å². The number of benzene rings is 2. The lowest BCUT2D eigenvalue weighted by atomic mass is 9.77. The first-order chi connectivity index (χ1) is 18.6. The van der Waals surface area contributed by atoms with Gasteiger partial charge in [-0.1, -0.05) is 23.7 Å². The zero-order valence-corrected chi connectivity index (χ0v) is 21.5. The molecule has 0 spiro atoms. The largest absolute Gasteiger partial charge is 0.454 e. The summed E-state index contributed by atoms with van der Waals surface area (Å²) in [4.78, 5) is 13.9. The molecule has 0 unspecified atom stereocenters. The highest BCUT2D eigenvalue weighted by molar-refractivity contribution is 6.33. The Morgan fingerprint density at radius 1 is 1.05 bits per heavy atom. The van der Waals surface area contributed by atoms with Gasteiger partial charge in [0.25, 0.3) is 5.91 Å². The van der Waals surface area contributed by atoms with Crippen LogP contribution in [0.3, 0.4) is 0 Å². The Morgan fingerprint density at radius 3 is 2.55 bits per heavy atom. The second kappa shape index (κ2) is 9.09. The second-order valence-electron chi connectivity index (χ2n) is 9.65. The molecular weight excluding hydrogens is 508 g/mol. The van der Waals surface area contributed by atoms with Gasteiger partial charge in [-0.3, -0.25) is 9.48 Å². The average molecular weight is 533 g/mol. The smallest absolute Gasteiger partial charge is 0.296 e. The number of halogens is 1. The highest BCUT2D eigenvalue weighted by Crippen LogP contribution is 2.47. The number of hydrazone groups is 1. The van der Waals surface area contributed by atoms with E-state index in [0.29, 0.717) is 23.1 Å². The van der Waals surface area contributed by atoms with Crippen LogP contribution in [0.2, 0.25) is 5.02 Å². The maximum absolute atomic E-state index is 13.9. The lowest BCUT2D eigenvalue weighted by Gasteiger charge is -2.29. The number of aryl methyl sites for hydroxylation is 1. The Hall–Kier alpha value is -3.98. The number of aromatic nitrogens is 2. The monoisotopic (exact) mass is 532 g/mol. The standard InChI is InChI=1S/C28H25ClN4O5/c1-2-32-13-20(29)26(30-32)28(34)33-27(18-7-9-22-24(12-18)38-15-36-22)19-5-3-4-17(25(19)31-33)10-16-6-8-21-23(11-16)37-14-35-21/h6-13,19,27H,2-5,14-15H2,1H3/b17-10+/t19-,27+/m1/s1. The first kappa shape index (κ1) is 23.2. The van der Waals surface area contributed by atoms with Crippen LogP contribution in [0.5, 0.6) is 23.0 Å². The molecule has 7 rings (SSSR count). The van der Waals surface area contributed by atoms with Crippen molar-refractivity contribution in [2.45, 2.75) is 38.8 Å². The zero-order valence-electron chi connectivity index (χ0n) is 20.7. The summed E-state index contributed by atoms with van der Waals surface area (Å²) in [6, 6.07) is 11.4. The first-order valence-corrected chi connectivity index (χ1v) is 13.1. The molecule has 4 heterocycles. The molecule has 1 amide bonds. The molecule has 0 N–H and O–H groups in total. The van der Waals surface area contributed by atoms with Gasteiger partial charge < -0.3 is 18.9 Å². The molecule has 9 nitrogen and oxygen atoms in total. The number of allylic oxidation sites excluding steroid dienone is 1. The number of rotatable bonds is 4. The summed E-state index contributed by atoms with van der Waals surface area (Å²) in [6.07, 6.45) is 6.55. The third-order valence-electron chi connectivity index (χ3n) is 7.43. The number of nitrogens with zero attached hydrogens (tertiary/aromatic N) is 4. The summed E-state index contributed by atoms with van der Waals surface area (Å²) >= 11 is 6.45. The van der Waals surface area contributed by atoms with Gasteiger partial charge in [0, 0.05) is 18.7 Å². The third kappa shape index (κ3) is 3.80. The minimum atomic E-state index is -0.325. The average Bonchev–Trinajstić information content (AvgIpc) is 3.72. The number of carbonyl (C=O) groups is 1. The highest BCUT2D eigenvalue weighted by atomic mass is 35.5. The van der Waals surface area contributed by atoms with E-state index in [9.17, 15) is 4.79 Å². The Morgan fingerprint density at radius 2 is 1.79 bits per heavy atom.